The Balaban J connectivity index is 2.49. The van der Waals surface area contributed by atoms with E-state index in [-0.39, 0.29) is 6.23 Å². The van der Waals surface area contributed by atoms with Gasteiger partial charge in [0.2, 0.25) is 0 Å². The highest BCUT2D eigenvalue weighted by molar-refractivity contribution is 5.49. The maximum Gasteiger partial charge on any atom is 0.125 e. The van der Waals surface area contributed by atoms with E-state index in [1.807, 2.05) is 49.4 Å². The molecule has 1 atom stereocenters. The fourth-order valence-electron chi connectivity index (χ4n) is 1.02. The Morgan fingerprint density at radius 2 is 2.08 bits per heavy atom. The molecule has 0 amide bonds. The van der Waals surface area contributed by atoms with E-state index in [9.17, 15) is 0 Å². The summed E-state index contributed by atoms with van der Waals surface area (Å²) in [7, 11) is 0. The largest absolute Gasteiger partial charge is 0.360 e. The van der Waals surface area contributed by atoms with Gasteiger partial charge < -0.3 is 10.5 Å². The molecule has 2 N–H and O–H groups in total. The number of hydrogen-bond donors (Lipinski definition) is 1. The summed E-state index contributed by atoms with van der Waals surface area (Å²) in [5.41, 5.74) is 6.76. The lowest BCUT2D eigenvalue weighted by Crippen LogP contribution is -2.20. The zero-order valence-corrected chi connectivity index (χ0v) is 7.81. The maximum absolute atomic E-state index is 5.62. The standard InChI is InChI=1S/C11H15NO/c1-2-13-11(12)9-8-10-6-4-3-5-7-10/h3-9,11H,2,12H2,1H3. The number of ether oxygens (including phenoxy) is 1. The van der Waals surface area contributed by atoms with E-state index >= 15 is 0 Å². The molecule has 0 spiro atoms. The van der Waals surface area contributed by atoms with Crippen LogP contribution in [0.3, 0.4) is 0 Å². The second-order valence-corrected chi connectivity index (χ2v) is 2.69. The quantitative estimate of drug-likeness (QED) is 0.714. The van der Waals surface area contributed by atoms with Crippen LogP contribution < -0.4 is 5.73 Å². The third kappa shape index (κ3) is 3.87. The molecule has 1 aromatic rings. The van der Waals surface area contributed by atoms with Crippen molar-refractivity contribution >= 4 is 6.08 Å². The van der Waals surface area contributed by atoms with Gasteiger partial charge in [-0.2, -0.15) is 0 Å². The molecule has 0 aliphatic rings. The first kappa shape index (κ1) is 9.96. The molecule has 2 heteroatoms. The Kier molecular flexibility index (Phi) is 4.23. The van der Waals surface area contributed by atoms with E-state index < -0.39 is 0 Å². The Morgan fingerprint density at radius 1 is 1.38 bits per heavy atom. The molecule has 0 radical (unpaired) electrons. The summed E-state index contributed by atoms with van der Waals surface area (Å²) in [6.45, 7) is 2.57. The molecule has 0 bridgehead atoms. The van der Waals surface area contributed by atoms with Crippen molar-refractivity contribution in [2.24, 2.45) is 5.73 Å². The lowest BCUT2D eigenvalue weighted by Gasteiger charge is -2.04. The SMILES string of the molecule is CCOC(N)C=Cc1ccccc1. The first-order chi connectivity index (χ1) is 6.33. The van der Waals surface area contributed by atoms with E-state index in [2.05, 4.69) is 0 Å². The van der Waals surface area contributed by atoms with E-state index in [1.54, 1.807) is 0 Å². The molecular formula is C11H15NO. The van der Waals surface area contributed by atoms with E-state index in [1.165, 1.54) is 0 Å². The summed E-state index contributed by atoms with van der Waals surface area (Å²) in [6.07, 6.45) is 3.50. The fraction of sp³-hybridized carbons (Fsp3) is 0.273. The highest BCUT2D eigenvalue weighted by atomic mass is 16.5. The lowest BCUT2D eigenvalue weighted by atomic mass is 10.2. The molecular weight excluding hydrogens is 162 g/mol. The van der Waals surface area contributed by atoms with Crippen molar-refractivity contribution in [1.29, 1.82) is 0 Å². The molecule has 1 unspecified atom stereocenters. The van der Waals surface area contributed by atoms with Crippen LogP contribution in [-0.4, -0.2) is 12.8 Å². The molecule has 0 heterocycles. The van der Waals surface area contributed by atoms with Gasteiger partial charge in [0, 0.05) is 6.61 Å². The van der Waals surface area contributed by atoms with Gasteiger partial charge in [-0.3, -0.25) is 0 Å². The molecule has 0 aromatic heterocycles. The van der Waals surface area contributed by atoms with Crippen molar-refractivity contribution < 1.29 is 4.74 Å². The summed E-state index contributed by atoms with van der Waals surface area (Å²) in [5, 5.41) is 0. The van der Waals surface area contributed by atoms with Gasteiger partial charge in [0.1, 0.15) is 6.23 Å². The predicted octanol–water partition coefficient (Wildman–Crippen LogP) is 2.02. The fourth-order valence-corrected chi connectivity index (χ4v) is 1.02. The van der Waals surface area contributed by atoms with Crippen molar-refractivity contribution in [2.75, 3.05) is 6.61 Å². The van der Waals surface area contributed by atoms with Gasteiger partial charge in [-0.05, 0) is 18.6 Å². The van der Waals surface area contributed by atoms with E-state index in [0.29, 0.717) is 6.61 Å². The minimum Gasteiger partial charge on any atom is -0.360 e. The first-order valence-electron chi connectivity index (χ1n) is 4.43. The third-order valence-corrected chi connectivity index (χ3v) is 1.64. The molecule has 0 saturated carbocycles. The van der Waals surface area contributed by atoms with Gasteiger partial charge in [-0.1, -0.05) is 36.4 Å². The van der Waals surface area contributed by atoms with Crippen molar-refractivity contribution in [1.82, 2.24) is 0 Å². The summed E-state index contributed by atoms with van der Waals surface area (Å²) in [4.78, 5) is 0. The average Bonchev–Trinajstić information content (AvgIpc) is 2.17. The van der Waals surface area contributed by atoms with Gasteiger partial charge in [-0.15, -0.1) is 0 Å². The molecule has 1 aromatic carbocycles. The zero-order valence-electron chi connectivity index (χ0n) is 7.81. The molecule has 0 aliphatic carbocycles. The second kappa shape index (κ2) is 5.51. The van der Waals surface area contributed by atoms with Crippen LogP contribution in [0.25, 0.3) is 6.08 Å². The predicted molar refractivity (Wildman–Crippen MR) is 55.1 cm³/mol. The van der Waals surface area contributed by atoms with E-state index in [4.69, 9.17) is 10.5 Å². The summed E-state index contributed by atoms with van der Waals surface area (Å²) in [6, 6.07) is 10.0. The summed E-state index contributed by atoms with van der Waals surface area (Å²) >= 11 is 0. The zero-order chi connectivity index (χ0) is 9.52. The molecule has 0 fully saturated rings. The molecule has 70 valence electrons. The van der Waals surface area contributed by atoms with Crippen LogP contribution in [0.5, 0.6) is 0 Å². The van der Waals surface area contributed by atoms with Crippen molar-refractivity contribution in [3.05, 3.63) is 42.0 Å². The van der Waals surface area contributed by atoms with Gasteiger partial charge in [0.25, 0.3) is 0 Å². The van der Waals surface area contributed by atoms with Gasteiger partial charge in [-0.25, -0.2) is 0 Å². The van der Waals surface area contributed by atoms with Crippen LogP contribution >= 0.6 is 0 Å². The van der Waals surface area contributed by atoms with Crippen molar-refractivity contribution in [3.63, 3.8) is 0 Å². The van der Waals surface area contributed by atoms with Crippen molar-refractivity contribution in [2.45, 2.75) is 13.2 Å². The average molecular weight is 177 g/mol. The van der Waals surface area contributed by atoms with Crippen LogP contribution in [-0.2, 0) is 4.74 Å². The third-order valence-electron chi connectivity index (χ3n) is 1.64. The van der Waals surface area contributed by atoms with Crippen LogP contribution in [0, 0.1) is 0 Å². The molecule has 2 nitrogen and oxygen atoms in total. The van der Waals surface area contributed by atoms with Crippen LogP contribution in [0.1, 0.15) is 12.5 Å². The molecule has 1 rings (SSSR count). The molecule has 0 saturated heterocycles. The highest BCUT2D eigenvalue weighted by Crippen LogP contribution is 2.01. The Labute approximate surface area is 79.0 Å². The Morgan fingerprint density at radius 3 is 2.69 bits per heavy atom. The first-order valence-corrected chi connectivity index (χ1v) is 4.43. The summed E-state index contributed by atoms with van der Waals surface area (Å²) < 4.78 is 5.15. The van der Waals surface area contributed by atoms with Gasteiger partial charge in [0.15, 0.2) is 0 Å². The maximum atomic E-state index is 5.62. The Hall–Kier alpha value is -1.12. The normalized spacial score (nSPS) is 13.4. The number of rotatable bonds is 4. The van der Waals surface area contributed by atoms with Crippen LogP contribution in [0.2, 0.25) is 0 Å². The minimum atomic E-state index is -0.301. The number of nitrogens with two attached hydrogens (primary N) is 1. The smallest absolute Gasteiger partial charge is 0.125 e. The molecule has 0 aliphatic heterocycles. The minimum absolute atomic E-state index is 0.301. The highest BCUT2D eigenvalue weighted by Gasteiger charge is 1.92. The van der Waals surface area contributed by atoms with E-state index in [0.717, 1.165) is 5.56 Å². The molecule has 13 heavy (non-hydrogen) atoms. The van der Waals surface area contributed by atoms with Crippen LogP contribution in [0.4, 0.5) is 0 Å². The topological polar surface area (TPSA) is 35.2 Å². The Bertz CT molecular complexity index is 256. The lowest BCUT2D eigenvalue weighted by molar-refractivity contribution is 0.102. The number of benzene rings is 1. The summed E-state index contributed by atoms with van der Waals surface area (Å²) in [5.74, 6) is 0. The number of hydrogen-bond acceptors (Lipinski definition) is 2. The van der Waals surface area contributed by atoms with Crippen molar-refractivity contribution in [3.8, 4) is 0 Å². The van der Waals surface area contributed by atoms with Crippen LogP contribution in [0.15, 0.2) is 36.4 Å². The van der Waals surface area contributed by atoms with Gasteiger partial charge in [0.05, 0.1) is 0 Å². The monoisotopic (exact) mass is 177 g/mol. The van der Waals surface area contributed by atoms with Gasteiger partial charge >= 0.3 is 0 Å². The second-order valence-electron chi connectivity index (χ2n) is 2.69.